The van der Waals surface area contributed by atoms with E-state index >= 15 is 0 Å². The number of hydrogen-bond donors (Lipinski definition) is 2. The van der Waals surface area contributed by atoms with Crippen molar-refractivity contribution in [1.82, 2.24) is 0 Å². The fraction of sp³-hybridized carbons (Fsp3) is 0.870. The van der Waals surface area contributed by atoms with Crippen LogP contribution in [0.25, 0.3) is 0 Å². The molecule has 2 saturated carbocycles. The summed E-state index contributed by atoms with van der Waals surface area (Å²) >= 11 is 0. The number of rotatable bonds is 4. The van der Waals surface area contributed by atoms with E-state index in [0.29, 0.717) is 17.3 Å². The van der Waals surface area contributed by atoms with E-state index in [1.165, 1.54) is 25.7 Å². The highest BCUT2D eigenvalue weighted by Gasteiger charge is 2.62. The van der Waals surface area contributed by atoms with E-state index in [0.717, 1.165) is 18.4 Å². The van der Waals surface area contributed by atoms with Gasteiger partial charge in [0.05, 0.1) is 12.5 Å². The summed E-state index contributed by atoms with van der Waals surface area (Å²) < 4.78 is 5.44. The zero-order valence-electron chi connectivity index (χ0n) is 17.8. The van der Waals surface area contributed by atoms with Gasteiger partial charge in [0, 0.05) is 0 Å². The van der Waals surface area contributed by atoms with Gasteiger partial charge in [0.15, 0.2) is 0 Å². The molecule has 3 rings (SSSR count). The molecular formula is C23H38O4. The maximum Gasteiger partial charge on any atom is 0.313 e. The standard InChI is InChI=1S/C23H38O4/c1-15-7-8-18-22(4)11-6-10-21(2,3)17(22)9-12-23(18,5)19(15)20(26)27-14-16(25)13-24/h7,16-19,24-25H,6,8-14H2,1-5H3/t16-,17?,18-,19+,22+,23-/m0/s1. The van der Waals surface area contributed by atoms with E-state index in [4.69, 9.17) is 9.84 Å². The molecule has 0 aromatic heterocycles. The molecule has 3 aliphatic rings. The van der Waals surface area contributed by atoms with Crippen molar-refractivity contribution in [2.75, 3.05) is 13.2 Å². The van der Waals surface area contributed by atoms with Gasteiger partial charge in [-0.05, 0) is 67.1 Å². The van der Waals surface area contributed by atoms with Crippen LogP contribution in [-0.4, -0.2) is 35.5 Å². The predicted molar refractivity (Wildman–Crippen MR) is 106 cm³/mol. The molecule has 27 heavy (non-hydrogen) atoms. The van der Waals surface area contributed by atoms with Gasteiger partial charge in [-0.1, -0.05) is 45.8 Å². The molecule has 154 valence electrons. The van der Waals surface area contributed by atoms with Gasteiger partial charge in [0.2, 0.25) is 0 Å². The van der Waals surface area contributed by atoms with Crippen LogP contribution in [0.15, 0.2) is 11.6 Å². The van der Waals surface area contributed by atoms with Gasteiger partial charge in [0.1, 0.15) is 12.7 Å². The molecule has 4 heteroatoms. The molecule has 2 N–H and O–H groups in total. The van der Waals surface area contributed by atoms with Crippen molar-refractivity contribution in [2.45, 2.75) is 79.2 Å². The van der Waals surface area contributed by atoms with E-state index in [1.807, 2.05) is 0 Å². The number of fused-ring (bicyclic) bond motifs is 3. The fourth-order valence-electron chi connectivity index (χ4n) is 7.28. The number of hydrogen-bond acceptors (Lipinski definition) is 4. The first kappa shape index (κ1) is 20.9. The number of carbonyl (C=O) groups excluding carboxylic acids is 1. The van der Waals surface area contributed by atoms with Crippen LogP contribution in [0.4, 0.5) is 0 Å². The second kappa shape index (κ2) is 7.18. The first-order valence-corrected chi connectivity index (χ1v) is 10.7. The molecule has 0 radical (unpaired) electrons. The molecule has 1 unspecified atom stereocenters. The van der Waals surface area contributed by atoms with Crippen LogP contribution in [0.2, 0.25) is 0 Å². The lowest BCUT2D eigenvalue weighted by Gasteiger charge is -2.64. The van der Waals surface area contributed by atoms with Crippen molar-refractivity contribution in [1.29, 1.82) is 0 Å². The van der Waals surface area contributed by atoms with Gasteiger partial charge in [-0.2, -0.15) is 0 Å². The lowest BCUT2D eigenvalue weighted by Crippen LogP contribution is -2.58. The Hall–Kier alpha value is -0.870. The third-order valence-electron chi connectivity index (χ3n) is 8.49. The lowest BCUT2D eigenvalue weighted by molar-refractivity contribution is -0.174. The van der Waals surface area contributed by atoms with E-state index in [9.17, 15) is 9.90 Å². The van der Waals surface area contributed by atoms with E-state index in [-0.39, 0.29) is 35.9 Å². The largest absolute Gasteiger partial charge is 0.462 e. The first-order chi connectivity index (χ1) is 12.6. The van der Waals surface area contributed by atoms with Crippen molar-refractivity contribution >= 4 is 5.97 Å². The molecule has 0 bridgehead atoms. The normalized spacial score (nSPS) is 41.7. The van der Waals surface area contributed by atoms with Crippen molar-refractivity contribution in [3.8, 4) is 0 Å². The van der Waals surface area contributed by atoms with E-state index < -0.39 is 6.10 Å². The van der Waals surface area contributed by atoms with Gasteiger partial charge in [-0.25, -0.2) is 0 Å². The zero-order chi connectivity index (χ0) is 20.0. The van der Waals surface area contributed by atoms with Crippen molar-refractivity contribution in [2.24, 2.45) is 34.0 Å². The smallest absolute Gasteiger partial charge is 0.313 e. The summed E-state index contributed by atoms with van der Waals surface area (Å²) in [5, 5.41) is 18.6. The maximum atomic E-state index is 13.0. The van der Waals surface area contributed by atoms with Crippen LogP contribution in [0.1, 0.15) is 73.1 Å². The maximum absolute atomic E-state index is 13.0. The highest BCUT2D eigenvalue weighted by molar-refractivity contribution is 5.77. The van der Waals surface area contributed by atoms with Crippen LogP contribution in [0, 0.1) is 34.0 Å². The molecular weight excluding hydrogens is 340 g/mol. The highest BCUT2D eigenvalue weighted by Crippen LogP contribution is 2.68. The second-order valence-electron chi connectivity index (χ2n) is 10.6. The van der Waals surface area contributed by atoms with Crippen LogP contribution < -0.4 is 0 Å². The molecule has 2 fully saturated rings. The Balaban J connectivity index is 1.90. The third kappa shape index (κ3) is 3.37. The minimum Gasteiger partial charge on any atom is -0.462 e. The Morgan fingerprint density at radius 3 is 2.56 bits per heavy atom. The molecule has 0 aliphatic heterocycles. The Labute approximate surface area is 164 Å². The van der Waals surface area contributed by atoms with Gasteiger partial charge >= 0.3 is 5.97 Å². The second-order valence-corrected chi connectivity index (χ2v) is 10.6. The lowest BCUT2D eigenvalue weighted by atomic mass is 9.40. The van der Waals surface area contributed by atoms with Gasteiger partial charge in [-0.15, -0.1) is 0 Å². The summed E-state index contributed by atoms with van der Waals surface area (Å²) in [7, 11) is 0. The molecule has 0 saturated heterocycles. The number of aliphatic hydroxyl groups excluding tert-OH is 2. The molecule has 0 spiro atoms. The van der Waals surface area contributed by atoms with Gasteiger partial charge < -0.3 is 14.9 Å². The van der Waals surface area contributed by atoms with Crippen molar-refractivity contribution in [3.05, 3.63) is 11.6 Å². The molecule has 0 amide bonds. The number of carbonyl (C=O) groups is 1. The molecule has 0 aromatic carbocycles. The molecule has 4 nitrogen and oxygen atoms in total. The van der Waals surface area contributed by atoms with Gasteiger partial charge in [-0.3, -0.25) is 4.79 Å². The monoisotopic (exact) mass is 378 g/mol. The Morgan fingerprint density at radius 1 is 1.19 bits per heavy atom. The first-order valence-electron chi connectivity index (χ1n) is 10.7. The number of allylic oxidation sites excluding steroid dienone is 1. The third-order valence-corrected chi connectivity index (χ3v) is 8.49. The van der Waals surface area contributed by atoms with E-state index in [1.54, 1.807) is 0 Å². The Kier molecular flexibility index (Phi) is 5.55. The molecule has 0 aromatic rings. The number of aliphatic hydroxyl groups is 2. The highest BCUT2D eigenvalue weighted by atomic mass is 16.5. The topological polar surface area (TPSA) is 66.8 Å². The molecule has 3 aliphatic carbocycles. The fourth-order valence-corrected chi connectivity index (χ4v) is 7.28. The molecule has 6 atom stereocenters. The van der Waals surface area contributed by atoms with Crippen molar-refractivity contribution < 1.29 is 19.7 Å². The number of ether oxygens (including phenoxy) is 1. The summed E-state index contributed by atoms with van der Waals surface area (Å²) in [6, 6.07) is 0. The Bertz CT molecular complexity index is 609. The average molecular weight is 379 g/mol. The molecule has 0 heterocycles. The summed E-state index contributed by atoms with van der Waals surface area (Å²) in [5.41, 5.74) is 1.63. The minimum atomic E-state index is -1.00. The quantitative estimate of drug-likeness (QED) is 0.571. The summed E-state index contributed by atoms with van der Waals surface area (Å²) in [4.78, 5) is 13.0. The van der Waals surface area contributed by atoms with Crippen LogP contribution in [-0.2, 0) is 9.53 Å². The van der Waals surface area contributed by atoms with Gasteiger partial charge in [0.25, 0.3) is 0 Å². The van der Waals surface area contributed by atoms with E-state index in [2.05, 4.69) is 40.7 Å². The van der Waals surface area contributed by atoms with Crippen LogP contribution in [0.5, 0.6) is 0 Å². The number of esters is 1. The zero-order valence-corrected chi connectivity index (χ0v) is 17.8. The summed E-state index contributed by atoms with van der Waals surface area (Å²) in [5.74, 6) is 0.703. The van der Waals surface area contributed by atoms with Crippen molar-refractivity contribution in [3.63, 3.8) is 0 Å². The van der Waals surface area contributed by atoms with Crippen LogP contribution >= 0.6 is 0 Å². The average Bonchev–Trinajstić information content (AvgIpc) is 2.57. The minimum absolute atomic E-state index is 0.0985. The summed E-state index contributed by atoms with van der Waals surface area (Å²) in [6.45, 7) is 11.2. The SMILES string of the molecule is CC1=CC[C@@H]2[C@](C)(CCC3C(C)(C)CCC[C@]32C)[C@H]1C(=O)OC[C@@H](O)CO. The Morgan fingerprint density at radius 2 is 1.89 bits per heavy atom. The predicted octanol–water partition coefficient (Wildman–Crippen LogP) is 4.10. The van der Waals surface area contributed by atoms with Crippen LogP contribution in [0.3, 0.4) is 0 Å². The summed E-state index contributed by atoms with van der Waals surface area (Å²) in [6.07, 6.45) is 8.35.